The maximum Gasteiger partial charge on any atom is 0.573 e. The number of rotatable bonds is 3. The standard InChI is InChI=1S/C12H10BrClF3NO2/c13-8-1-2-9(10(4-8)20-12(15,16)17)18-6-7(5-14)3-11(18)19/h1-2,4,7H,3,5-6H2. The van der Waals surface area contributed by atoms with E-state index in [4.69, 9.17) is 11.6 Å². The van der Waals surface area contributed by atoms with Gasteiger partial charge >= 0.3 is 6.36 Å². The highest BCUT2D eigenvalue weighted by Gasteiger charge is 2.36. The highest BCUT2D eigenvalue weighted by atomic mass is 79.9. The first kappa shape index (κ1) is 15.4. The van der Waals surface area contributed by atoms with Gasteiger partial charge in [-0.2, -0.15) is 0 Å². The molecular weight excluding hydrogens is 362 g/mol. The second-order valence-electron chi connectivity index (χ2n) is 4.39. The summed E-state index contributed by atoms with van der Waals surface area (Å²) in [4.78, 5) is 13.1. The van der Waals surface area contributed by atoms with Crippen molar-refractivity contribution in [1.29, 1.82) is 0 Å². The Hall–Kier alpha value is -0.950. The monoisotopic (exact) mass is 371 g/mol. The first-order valence-corrected chi connectivity index (χ1v) is 7.04. The van der Waals surface area contributed by atoms with Crippen LogP contribution in [0.1, 0.15) is 6.42 Å². The van der Waals surface area contributed by atoms with Crippen LogP contribution in [0, 0.1) is 5.92 Å². The zero-order chi connectivity index (χ0) is 14.9. The molecule has 3 nitrogen and oxygen atoms in total. The molecule has 0 aliphatic carbocycles. The maximum absolute atomic E-state index is 12.4. The van der Waals surface area contributed by atoms with E-state index in [0.29, 0.717) is 4.47 Å². The van der Waals surface area contributed by atoms with Crippen LogP contribution in [0.25, 0.3) is 0 Å². The summed E-state index contributed by atoms with van der Waals surface area (Å²) in [5.74, 6) is -0.444. The number of anilines is 1. The highest BCUT2D eigenvalue weighted by molar-refractivity contribution is 9.10. The van der Waals surface area contributed by atoms with E-state index in [0.717, 1.165) is 0 Å². The van der Waals surface area contributed by atoms with Crippen LogP contribution in [0.5, 0.6) is 5.75 Å². The normalized spacial score (nSPS) is 19.6. The molecule has 1 aliphatic heterocycles. The van der Waals surface area contributed by atoms with Crippen molar-refractivity contribution >= 4 is 39.1 Å². The van der Waals surface area contributed by atoms with Crippen molar-refractivity contribution in [1.82, 2.24) is 0 Å². The summed E-state index contributed by atoms with van der Waals surface area (Å²) < 4.78 is 41.7. The van der Waals surface area contributed by atoms with Crippen LogP contribution in [0.3, 0.4) is 0 Å². The Morgan fingerprint density at radius 3 is 2.70 bits per heavy atom. The number of nitrogens with zero attached hydrogens (tertiary/aromatic N) is 1. The smallest absolute Gasteiger partial charge is 0.404 e. The number of carbonyl (C=O) groups excluding carboxylic acids is 1. The number of ether oxygens (including phenoxy) is 1. The number of benzene rings is 1. The summed E-state index contributed by atoms with van der Waals surface area (Å²) in [6.45, 7) is 0.290. The SMILES string of the molecule is O=C1CC(CCl)CN1c1ccc(Br)cc1OC(F)(F)F. The molecule has 1 amide bonds. The molecule has 0 spiro atoms. The lowest BCUT2D eigenvalue weighted by Crippen LogP contribution is -2.27. The predicted molar refractivity (Wildman–Crippen MR) is 72.0 cm³/mol. The topological polar surface area (TPSA) is 29.5 Å². The molecule has 1 aromatic rings. The van der Waals surface area contributed by atoms with Crippen LogP contribution < -0.4 is 9.64 Å². The first-order valence-electron chi connectivity index (χ1n) is 5.72. The minimum atomic E-state index is -4.82. The summed E-state index contributed by atoms with van der Waals surface area (Å²) in [5, 5.41) is 0. The fourth-order valence-electron chi connectivity index (χ4n) is 2.04. The van der Waals surface area contributed by atoms with Gasteiger partial charge in [-0.05, 0) is 24.1 Å². The zero-order valence-corrected chi connectivity index (χ0v) is 12.4. The van der Waals surface area contributed by atoms with E-state index in [2.05, 4.69) is 20.7 Å². The molecule has 1 atom stereocenters. The van der Waals surface area contributed by atoms with E-state index in [1.807, 2.05) is 0 Å². The van der Waals surface area contributed by atoms with Gasteiger partial charge in [0.2, 0.25) is 5.91 Å². The second-order valence-corrected chi connectivity index (χ2v) is 5.61. The Morgan fingerprint density at radius 1 is 1.45 bits per heavy atom. The molecule has 0 radical (unpaired) electrons. The van der Waals surface area contributed by atoms with Gasteiger partial charge in [0.25, 0.3) is 0 Å². The molecule has 1 aliphatic rings. The molecule has 0 saturated carbocycles. The number of halogens is 5. The lowest BCUT2D eigenvalue weighted by Gasteiger charge is -2.21. The number of amides is 1. The Bertz CT molecular complexity index is 524. The molecule has 8 heteroatoms. The van der Waals surface area contributed by atoms with Gasteiger partial charge in [0.05, 0.1) is 5.69 Å². The zero-order valence-electron chi connectivity index (χ0n) is 10.1. The van der Waals surface area contributed by atoms with Crippen LogP contribution >= 0.6 is 27.5 Å². The van der Waals surface area contributed by atoms with Crippen molar-refractivity contribution in [3.63, 3.8) is 0 Å². The quantitative estimate of drug-likeness (QED) is 0.752. The number of hydrogen-bond donors (Lipinski definition) is 0. The summed E-state index contributed by atoms with van der Waals surface area (Å²) in [5.41, 5.74) is 0.100. The van der Waals surface area contributed by atoms with Gasteiger partial charge in [-0.1, -0.05) is 15.9 Å². The molecule has 1 aromatic carbocycles. The Kier molecular flexibility index (Phi) is 4.49. The van der Waals surface area contributed by atoms with Gasteiger partial charge in [0, 0.05) is 23.3 Å². The van der Waals surface area contributed by atoms with Gasteiger partial charge in [-0.25, -0.2) is 0 Å². The number of alkyl halides is 4. The number of hydrogen-bond acceptors (Lipinski definition) is 2. The third-order valence-electron chi connectivity index (χ3n) is 2.86. The van der Waals surface area contributed by atoms with Crippen molar-refractivity contribution in [2.45, 2.75) is 12.8 Å². The van der Waals surface area contributed by atoms with Crippen molar-refractivity contribution in [3.05, 3.63) is 22.7 Å². The molecule has 110 valence electrons. The van der Waals surface area contributed by atoms with Gasteiger partial charge in [-0.3, -0.25) is 4.79 Å². The third-order valence-corrected chi connectivity index (χ3v) is 3.79. The average molecular weight is 373 g/mol. The summed E-state index contributed by atoms with van der Waals surface area (Å²) in [6, 6.07) is 4.16. The minimum absolute atomic E-state index is 0.0634. The largest absolute Gasteiger partial charge is 0.573 e. The fraction of sp³-hybridized carbons (Fsp3) is 0.417. The van der Waals surface area contributed by atoms with Crippen LogP contribution in [-0.4, -0.2) is 24.7 Å². The molecule has 0 aromatic heterocycles. The lowest BCUT2D eigenvalue weighted by atomic mass is 10.1. The maximum atomic E-state index is 12.4. The van der Waals surface area contributed by atoms with Crippen LogP contribution in [0.15, 0.2) is 22.7 Å². The van der Waals surface area contributed by atoms with Crippen LogP contribution in [0.4, 0.5) is 18.9 Å². The summed E-state index contributed by atoms with van der Waals surface area (Å²) in [7, 11) is 0. The number of carbonyl (C=O) groups is 1. The van der Waals surface area contributed by atoms with Crippen LogP contribution in [0.2, 0.25) is 0 Å². The van der Waals surface area contributed by atoms with Gasteiger partial charge in [0.15, 0.2) is 5.75 Å². The van der Waals surface area contributed by atoms with Crippen LogP contribution in [-0.2, 0) is 4.79 Å². The van der Waals surface area contributed by atoms with Gasteiger partial charge in [0.1, 0.15) is 0 Å². The molecule has 2 rings (SSSR count). The molecule has 1 heterocycles. The molecule has 1 fully saturated rings. The van der Waals surface area contributed by atoms with E-state index in [-0.39, 0.29) is 36.4 Å². The van der Waals surface area contributed by atoms with Crippen molar-refractivity contribution in [3.8, 4) is 5.75 Å². The summed E-state index contributed by atoms with van der Waals surface area (Å²) >= 11 is 8.78. The Labute approximate surface area is 126 Å². The molecule has 1 saturated heterocycles. The average Bonchev–Trinajstić information content (AvgIpc) is 2.69. The van der Waals surface area contributed by atoms with E-state index < -0.39 is 12.1 Å². The third kappa shape index (κ3) is 3.58. The van der Waals surface area contributed by atoms with Gasteiger partial charge in [-0.15, -0.1) is 24.8 Å². The lowest BCUT2D eigenvalue weighted by molar-refractivity contribution is -0.274. The first-order chi connectivity index (χ1) is 9.30. The minimum Gasteiger partial charge on any atom is -0.404 e. The van der Waals surface area contributed by atoms with Crippen molar-refractivity contribution in [2.24, 2.45) is 5.92 Å². The fourth-order valence-corrected chi connectivity index (χ4v) is 2.58. The molecule has 0 bridgehead atoms. The van der Waals surface area contributed by atoms with Gasteiger partial charge < -0.3 is 9.64 Å². The summed E-state index contributed by atoms with van der Waals surface area (Å²) in [6.07, 6.45) is -4.59. The molecule has 0 N–H and O–H groups in total. The Balaban J connectivity index is 2.34. The van der Waals surface area contributed by atoms with Crippen molar-refractivity contribution in [2.75, 3.05) is 17.3 Å². The van der Waals surface area contributed by atoms with Crippen molar-refractivity contribution < 1.29 is 22.7 Å². The molecular formula is C12H10BrClF3NO2. The van der Waals surface area contributed by atoms with E-state index in [1.54, 1.807) is 6.07 Å². The Morgan fingerprint density at radius 2 is 2.15 bits per heavy atom. The molecule has 20 heavy (non-hydrogen) atoms. The van der Waals surface area contributed by atoms with E-state index in [9.17, 15) is 18.0 Å². The molecule has 1 unspecified atom stereocenters. The predicted octanol–water partition coefficient (Wildman–Crippen LogP) is 3.94. The van der Waals surface area contributed by atoms with E-state index >= 15 is 0 Å². The van der Waals surface area contributed by atoms with E-state index in [1.165, 1.54) is 17.0 Å². The highest BCUT2D eigenvalue weighted by Crippen LogP contribution is 2.38. The second kappa shape index (κ2) is 5.81.